The van der Waals surface area contributed by atoms with Gasteiger partial charge in [0, 0.05) is 14.8 Å². The molecule has 0 unspecified atom stereocenters. The molecule has 0 saturated heterocycles. The van der Waals surface area contributed by atoms with Crippen molar-refractivity contribution in [2.75, 3.05) is 10.7 Å². The Morgan fingerprint density at radius 3 is 2.39 bits per heavy atom. The average Bonchev–Trinajstić information content (AvgIpc) is 3.26. The molecule has 0 bridgehead atoms. The Morgan fingerprint density at radius 1 is 1.03 bits per heavy atom. The fourth-order valence-corrected chi connectivity index (χ4v) is 5.41. The van der Waals surface area contributed by atoms with E-state index in [4.69, 9.17) is 11.6 Å². The predicted octanol–water partition coefficient (Wildman–Crippen LogP) is 6.15. The summed E-state index contributed by atoms with van der Waals surface area (Å²) >= 11 is 9.32. The first kappa shape index (κ1) is 20.2. The Labute approximate surface area is 193 Å². The number of thioether (sulfide) groups is 1. The Hall–Kier alpha value is -2.74. The maximum absolute atomic E-state index is 13.4. The smallest absolute Gasteiger partial charge is 0.242 e. The fraction of sp³-hybridized carbons (Fsp3) is 0.0870. The highest BCUT2D eigenvalue weighted by molar-refractivity contribution is 8.00. The van der Waals surface area contributed by atoms with Gasteiger partial charge < -0.3 is 0 Å². The Bertz CT molecular complexity index is 1240. The van der Waals surface area contributed by atoms with E-state index in [0.29, 0.717) is 10.2 Å². The molecule has 5 nitrogen and oxygen atoms in total. The van der Waals surface area contributed by atoms with E-state index in [1.807, 2.05) is 78.2 Å². The summed E-state index contributed by atoms with van der Waals surface area (Å²) in [6.07, 6.45) is 1.63. The van der Waals surface area contributed by atoms with Crippen molar-refractivity contribution in [2.24, 2.45) is 0 Å². The van der Waals surface area contributed by atoms with Gasteiger partial charge in [0.2, 0.25) is 5.91 Å². The molecule has 0 spiro atoms. The van der Waals surface area contributed by atoms with Gasteiger partial charge in [0.05, 0.1) is 22.8 Å². The molecule has 8 heteroatoms. The maximum Gasteiger partial charge on any atom is 0.242 e. The first-order chi connectivity index (χ1) is 15.1. The van der Waals surface area contributed by atoms with Crippen LogP contribution in [0.25, 0.3) is 5.69 Å². The lowest BCUT2D eigenvalue weighted by Crippen LogP contribution is -2.30. The summed E-state index contributed by atoms with van der Waals surface area (Å²) in [5.41, 5.74) is 3.68. The van der Waals surface area contributed by atoms with Gasteiger partial charge in [-0.1, -0.05) is 65.5 Å². The zero-order valence-electron chi connectivity index (χ0n) is 16.5. The molecule has 0 radical (unpaired) electrons. The van der Waals surface area contributed by atoms with E-state index in [1.54, 1.807) is 23.0 Å². The third-order valence-corrected chi connectivity index (χ3v) is 7.42. The molecule has 0 N–H and O–H groups in total. The monoisotopic (exact) mass is 464 g/mol. The van der Waals surface area contributed by atoms with Gasteiger partial charge in [0.1, 0.15) is 6.33 Å². The van der Waals surface area contributed by atoms with Crippen LogP contribution in [0.1, 0.15) is 5.56 Å². The number of benzene rings is 3. The molecule has 0 aliphatic carbocycles. The van der Waals surface area contributed by atoms with Crippen LogP contribution in [0.4, 0.5) is 11.4 Å². The molecule has 2 heterocycles. The van der Waals surface area contributed by atoms with E-state index in [0.717, 1.165) is 32.4 Å². The summed E-state index contributed by atoms with van der Waals surface area (Å²) in [7, 11) is 0. The number of anilines is 2. The zero-order chi connectivity index (χ0) is 21.4. The molecule has 154 valence electrons. The van der Waals surface area contributed by atoms with Gasteiger partial charge in [-0.2, -0.15) is 0 Å². The van der Waals surface area contributed by atoms with Crippen LogP contribution in [0.15, 0.2) is 88.0 Å². The number of aromatic nitrogens is 3. The Morgan fingerprint density at radius 2 is 1.71 bits per heavy atom. The van der Waals surface area contributed by atoms with Crippen LogP contribution in [-0.4, -0.2) is 26.4 Å². The molecular formula is C23H17ClN4OS2. The van der Waals surface area contributed by atoms with Gasteiger partial charge in [0.25, 0.3) is 0 Å². The van der Waals surface area contributed by atoms with Crippen molar-refractivity contribution >= 4 is 52.4 Å². The molecule has 4 aromatic rings. The van der Waals surface area contributed by atoms with Gasteiger partial charge in [0.15, 0.2) is 5.16 Å². The summed E-state index contributed by atoms with van der Waals surface area (Å²) in [6.45, 7) is 1.96. The van der Waals surface area contributed by atoms with Crippen molar-refractivity contribution in [2.45, 2.75) is 21.9 Å². The van der Waals surface area contributed by atoms with Crippen molar-refractivity contribution in [1.29, 1.82) is 0 Å². The number of fused-ring (bicyclic) bond motifs is 2. The van der Waals surface area contributed by atoms with Crippen molar-refractivity contribution in [1.82, 2.24) is 14.8 Å². The highest BCUT2D eigenvalue weighted by atomic mass is 35.5. The highest BCUT2D eigenvalue weighted by Gasteiger charge is 2.28. The number of para-hydroxylation sites is 2. The minimum absolute atomic E-state index is 0.0123. The van der Waals surface area contributed by atoms with E-state index in [1.165, 1.54) is 11.8 Å². The normalized spacial score (nSPS) is 12.4. The van der Waals surface area contributed by atoms with E-state index in [2.05, 4.69) is 10.2 Å². The van der Waals surface area contributed by atoms with Crippen molar-refractivity contribution in [3.8, 4) is 5.69 Å². The fourth-order valence-electron chi connectivity index (χ4n) is 3.40. The minimum atomic E-state index is -0.0123. The topological polar surface area (TPSA) is 51.0 Å². The number of hydrogen-bond acceptors (Lipinski definition) is 5. The molecule has 0 fully saturated rings. The summed E-state index contributed by atoms with van der Waals surface area (Å²) in [4.78, 5) is 17.3. The number of halogens is 1. The standard InChI is InChI=1S/C23H17ClN4OS2/c1-15-10-11-16(12-17(15)24)27-14-25-26-23(27)30-13-22(29)28-18-6-2-4-8-20(18)31-21-9-5-3-7-19(21)28/h2-12,14H,13H2,1H3. The summed E-state index contributed by atoms with van der Waals surface area (Å²) in [5.74, 6) is 0.215. The highest BCUT2D eigenvalue weighted by Crippen LogP contribution is 2.48. The minimum Gasteiger partial charge on any atom is -0.278 e. The third kappa shape index (κ3) is 3.84. The predicted molar refractivity (Wildman–Crippen MR) is 126 cm³/mol. The maximum atomic E-state index is 13.4. The molecule has 1 aliphatic rings. The van der Waals surface area contributed by atoms with E-state index in [9.17, 15) is 4.79 Å². The van der Waals surface area contributed by atoms with Crippen LogP contribution in [0.3, 0.4) is 0 Å². The second kappa shape index (κ2) is 8.42. The molecule has 0 atom stereocenters. The van der Waals surface area contributed by atoms with Gasteiger partial charge >= 0.3 is 0 Å². The number of carbonyl (C=O) groups is 1. The Balaban J connectivity index is 1.42. The van der Waals surface area contributed by atoms with Crippen LogP contribution >= 0.6 is 35.1 Å². The van der Waals surface area contributed by atoms with E-state index >= 15 is 0 Å². The number of carbonyl (C=O) groups excluding carboxylic acids is 1. The molecule has 0 saturated carbocycles. The molecule has 3 aromatic carbocycles. The molecule has 1 amide bonds. The van der Waals surface area contributed by atoms with Crippen LogP contribution in [-0.2, 0) is 4.79 Å². The van der Waals surface area contributed by atoms with Gasteiger partial charge in [-0.15, -0.1) is 10.2 Å². The summed E-state index contributed by atoms with van der Waals surface area (Å²) < 4.78 is 1.84. The van der Waals surface area contributed by atoms with E-state index in [-0.39, 0.29) is 11.7 Å². The van der Waals surface area contributed by atoms with Crippen molar-refractivity contribution in [3.63, 3.8) is 0 Å². The average molecular weight is 465 g/mol. The molecule has 5 rings (SSSR count). The second-order valence-corrected chi connectivity index (χ2v) is 9.41. The van der Waals surface area contributed by atoms with Gasteiger partial charge in [-0.25, -0.2) is 0 Å². The first-order valence-electron chi connectivity index (χ1n) is 9.60. The van der Waals surface area contributed by atoms with Crippen LogP contribution in [0.5, 0.6) is 0 Å². The summed E-state index contributed by atoms with van der Waals surface area (Å²) in [5, 5.41) is 9.56. The quantitative estimate of drug-likeness (QED) is 0.339. The molecule has 1 aliphatic heterocycles. The van der Waals surface area contributed by atoms with Gasteiger partial charge in [-0.3, -0.25) is 14.3 Å². The Kier molecular flexibility index (Phi) is 5.48. The van der Waals surface area contributed by atoms with Crippen molar-refractivity contribution in [3.05, 3.63) is 83.6 Å². The van der Waals surface area contributed by atoms with Gasteiger partial charge in [-0.05, 0) is 48.9 Å². The summed E-state index contributed by atoms with van der Waals surface area (Å²) in [6, 6.07) is 21.7. The number of aryl methyl sites for hydroxylation is 1. The lowest BCUT2D eigenvalue weighted by atomic mass is 10.2. The molecule has 31 heavy (non-hydrogen) atoms. The molecule has 1 aromatic heterocycles. The van der Waals surface area contributed by atoms with Crippen molar-refractivity contribution < 1.29 is 4.79 Å². The third-order valence-electron chi connectivity index (χ3n) is 4.96. The zero-order valence-corrected chi connectivity index (χ0v) is 18.9. The van der Waals surface area contributed by atoms with Crippen LogP contribution in [0.2, 0.25) is 5.02 Å². The lowest BCUT2D eigenvalue weighted by Gasteiger charge is -2.30. The number of amides is 1. The number of hydrogen-bond donors (Lipinski definition) is 0. The first-order valence-corrected chi connectivity index (χ1v) is 11.8. The number of rotatable bonds is 4. The van der Waals surface area contributed by atoms with Crippen LogP contribution < -0.4 is 4.90 Å². The second-order valence-electron chi connectivity index (χ2n) is 6.97. The van der Waals surface area contributed by atoms with E-state index < -0.39 is 0 Å². The lowest BCUT2D eigenvalue weighted by molar-refractivity contribution is -0.115. The number of nitrogens with zero attached hydrogens (tertiary/aromatic N) is 4. The SMILES string of the molecule is Cc1ccc(-n2cnnc2SCC(=O)N2c3ccccc3Sc3ccccc32)cc1Cl. The van der Waals surface area contributed by atoms with Crippen LogP contribution in [0, 0.1) is 6.92 Å². The largest absolute Gasteiger partial charge is 0.278 e. The molecular weight excluding hydrogens is 448 g/mol.